The average Bonchev–Trinajstić information content (AvgIpc) is 2.13. The molecule has 0 aliphatic rings. The van der Waals surface area contributed by atoms with Gasteiger partial charge in [-0.05, 0) is 6.42 Å². The molecular weight excluding hydrogens is 255 g/mol. The Kier molecular flexibility index (Phi) is 6.33. The van der Waals surface area contributed by atoms with Gasteiger partial charge < -0.3 is 24.7 Å². The molecule has 17 heavy (non-hydrogen) atoms. The molecule has 8 nitrogen and oxygen atoms in total. The van der Waals surface area contributed by atoms with Gasteiger partial charge in [-0.25, -0.2) is 0 Å². The monoisotopic (exact) mass is 270 g/mol. The molecule has 0 rings (SSSR count). The van der Waals surface area contributed by atoms with E-state index in [0.29, 0.717) is 6.42 Å². The van der Waals surface area contributed by atoms with Crippen LogP contribution < -0.4 is 0 Å². The molecule has 0 fully saturated rings. The van der Waals surface area contributed by atoms with Gasteiger partial charge in [-0.1, -0.05) is 6.92 Å². The molecule has 0 spiro atoms. The molecule has 0 aliphatic carbocycles. The Balaban J connectivity index is 4.92. The number of carbonyl (C=O) groups is 2. The van der Waals surface area contributed by atoms with Crippen LogP contribution in [0.4, 0.5) is 0 Å². The fraction of sp³-hybridized carbons (Fsp3) is 0.750. The largest absolute Gasteiger partial charge is 0.481 e. The molecule has 2 atom stereocenters. The standard InChI is InChI=1S/C8H15O8P/c1-2-3-16-4-5(7(9)10)6(8(11)12)17(13,14)15/h5-6H,2-4H2,1H3,(H,9,10)(H,11,12)(H2,13,14,15). The van der Waals surface area contributed by atoms with Crippen molar-refractivity contribution in [2.75, 3.05) is 13.2 Å². The van der Waals surface area contributed by atoms with Crippen molar-refractivity contribution in [2.24, 2.45) is 5.92 Å². The number of hydrogen-bond donors (Lipinski definition) is 4. The maximum atomic E-state index is 10.9. The molecule has 0 radical (unpaired) electrons. The number of rotatable bonds is 8. The Morgan fingerprint density at radius 2 is 1.76 bits per heavy atom. The molecule has 0 aromatic rings. The van der Waals surface area contributed by atoms with Crippen molar-refractivity contribution in [2.45, 2.75) is 19.0 Å². The van der Waals surface area contributed by atoms with E-state index in [4.69, 9.17) is 24.7 Å². The third-order valence-electron chi connectivity index (χ3n) is 1.96. The van der Waals surface area contributed by atoms with Crippen LogP contribution in [-0.2, 0) is 18.9 Å². The molecule has 9 heteroatoms. The van der Waals surface area contributed by atoms with Crippen molar-refractivity contribution in [1.82, 2.24) is 0 Å². The first kappa shape index (κ1) is 16.1. The summed E-state index contributed by atoms with van der Waals surface area (Å²) in [6.45, 7) is 1.40. The Hall–Kier alpha value is -0.950. The summed E-state index contributed by atoms with van der Waals surface area (Å²) in [6, 6.07) is 0. The van der Waals surface area contributed by atoms with Gasteiger partial charge in [-0.2, -0.15) is 0 Å². The molecular formula is C8H15O8P. The predicted octanol–water partition coefficient (Wildman–Crippen LogP) is -0.255. The zero-order valence-electron chi connectivity index (χ0n) is 9.15. The van der Waals surface area contributed by atoms with Crippen LogP contribution in [0.3, 0.4) is 0 Å². The van der Waals surface area contributed by atoms with Crippen molar-refractivity contribution in [3.8, 4) is 0 Å². The van der Waals surface area contributed by atoms with E-state index in [0.717, 1.165) is 0 Å². The lowest BCUT2D eigenvalue weighted by Gasteiger charge is -2.20. The number of carboxylic acid groups (broad SMARTS) is 2. The quantitative estimate of drug-likeness (QED) is 0.349. The first-order valence-corrected chi connectivity index (χ1v) is 6.48. The normalized spacial score (nSPS) is 15.2. The second kappa shape index (κ2) is 6.70. The lowest BCUT2D eigenvalue weighted by atomic mass is 10.1. The summed E-state index contributed by atoms with van der Waals surface area (Å²) in [7, 11) is -5.05. The summed E-state index contributed by atoms with van der Waals surface area (Å²) in [5.74, 6) is -5.25. The predicted molar refractivity (Wildman–Crippen MR) is 55.7 cm³/mol. The highest BCUT2D eigenvalue weighted by Crippen LogP contribution is 2.45. The molecule has 0 aromatic carbocycles. The van der Waals surface area contributed by atoms with Gasteiger partial charge in [0.2, 0.25) is 0 Å². The van der Waals surface area contributed by atoms with E-state index in [9.17, 15) is 14.2 Å². The van der Waals surface area contributed by atoms with Crippen LogP contribution in [0.2, 0.25) is 0 Å². The van der Waals surface area contributed by atoms with Gasteiger partial charge in [0.15, 0.2) is 5.66 Å². The highest BCUT2D eigenvalue weighted by Gasteiger charge is 2.46. The van der Waals surface area contributed by atoms with Gasteiger partial charge in [0.05, 0.1) is 6.61 Å². The van der Waals surface area contributed by atoms with E-state index >= 15 is 0 Å². The summed E-state index contributed by atoms with van der Waals surface area (Å²) in [6.07, 6.45) is 0.583. The van der Waals surface area contributed by atoms with Gasteiger partial charge in [0.25, 0.3) is 0 Å². The molecule has 0 amide bonds. The lowest BCUT2D eigenvalue weighted by molar-refractivity contribution is -0.150. The third-order valence-corrected chi connectivity index (χ3v) is 3.27. The fourth-order valence-electron chi connectivity index (χ4n) is 1.20. The number of carboxylic acids is 2. The first-order chi connectivity index (χ1) is 7.71. The molecule has 0 heterocycles. The van der Waals surface area contributed by atoms with Gasteiger partial charge in [0.1, 0.15) is 5.92 Å². The lowest BCUT2D eigenvalue weighted by Crippen LogP contribution is -2.38. The van der Waals surface area contributed by atoms with Crippen LogP contribution in [-0.4, -0.2) is 50.8 Å². The Morgan fingerprint density at radius 1 is 1.24 bits per heavy atom. The van der Waals surface area contributed by atoms with E-state index in [1.54, 1.807) is 6.92 Å². The van der Waals surface area contributed by atoms with E-state index in [2.05, 4.69) is 0 Å². The number of hydrogen-bond acceptors (Lipinski definition) is 4. The summed E-state index contributed by atoms with van der Waals surface area (Å²) >= 11 is 0. The molecule has 2 unspecified atom stereocenters. The van der Waals surface area contributed by atoms with Crippen molar-refractivity contribution < 1.29 is 38.9 Å². The molecule has 0 saturated heterocycles. The van der Waals surface area contributed by atoms with E-state index in [1.165, 1.54) is 0 Å². The molecule has 4 N–H and O–H groups in total. The van der Waals surface area contributed by atoms with Gasteiger partial charge in [0, 0.05) is 6.61 Å². The van der Waals surface area contributed by atoms with E-state index in [-0.39, 0.29) is 6.61 Å². The van der Waals surface area contributed by atoms with Gasteiger partial charge in [-0.3, -0.25) is 14.2 Å². The smallest absolute Gasteiger partial charge is 0.340 e. The third kappa shape index (κ3) is 5.27. The van der Waals surface area contributed by atoms with Crippen molar-refractivity contribution >= 4 is 19.5 Å². The Bertz CT molecular complexity index is 321. The number of ether oxygens (including phenoxy) is 1. The van der Waals surface area contributed by atoms with E-state index in [1.807, 2.05) is 0 Å². The van der Waals surface area contributed by atoms with Crippen LogP contribution >= 0.6 is 7.60 Å². The highest BCUT2D eigenvalue weighted by atomic mass is 31.2. The van der Waals surface area contributed by atoms with Crippen LogP contribution in [0.1, 0.15) is 13.3 Å². The summed E-state index contributed by atoms with van der Waals surface area (Å²) in [5.41, 5.74) is -2.29. The fourth-order valence-corrected chi connectivity index (χ4v) is 2.17. The average molecular weight is 270 g/mol. The van der Waals surface area contributed by atoms with Crippen LogP contribution in [0.25, 0.3) is 0 Å². The van der Waals surface area contributed by atoms with Crippen molar-refractivity contribution in [3.05, 3.63) is 0 Å². The molecule has 0 aliphatic heterocycles. The minimum Gasteiger partial charge on any atom is -0.481 e. The molecule has 0 bridgehead atoms. The summed E-state index contributed by atoms with van der Waals surface area (Å²) in [5, 5.41) is 17.4. The van der Waals surface area contributed by atoms with Crippen molar-refractivity contribution in [3.63, 3.8) is 0 Å². The molecule has 0 saturated carbocycles. The topological polar surface area (TPSA) is 141 Å². The SMILES string of the molecule is CCCOCC(C(=O)O)C(C(=O)O)P(=O)(O)O. The second-order valence-electron chi connectivity index (χ2n) is 3.39. The zero-order chi connectivity index (χ0) is 13.6. The second-order valence-corrected chi connectivity index (χ2v) is 5.13. The van der Waals surface area contributed by atoms with Gasteiger partial charge in [-0.15, -0.1) is 0 Å². The Labute approximate surface area is 97.4 Å². The summed E-state index contributed by atoms with van der Waals surface area (Å²) in [4.78, 5) is 39.2. The van der Waals surface area contributed by atoms with Crippen molar-refractivity contribution in [1.29, 1.82) is 0 Å². The van der Waals surface area contributed by atoms with Crippen LogP contribution in [0.5, 0.6) is 0 Å². The van der Waals surface area contributed by atoms with E-state index < -0.39 is 37.7 Å². The number of aliphatic carboxylic acids is 2. The maximum absolute atomic E-state index is 10.9. The first-order valence-electron chi connectivity index (χ1n) is 4.80. The van der Waals surface area contributed by atoms with Crippen LogP contribution in [0, 0.1) is 5.92 Å². The maximum Gasteiger partial charge on any atom is 0.340 e. The highest BCUT2D eigenvalue weighted by molar-refractivity contribution is 7.53. The summed E-state index contributed by atoms with van der Waals surface area (Å²) < 4.78 is 15.8. The molecule has 0 aromatic heterocycles. The minimum atomic E-state index is -5.05. The van der Waals surface area contributed by atoms with Gasteiger partial charge >= 0.3 is 19.5 Å². The minimum absolute atomic E-state index is 0.192. The molecule has 100 valence electrons. The zero-order valence-corrected chi connectivity index (χ0v) is 10.0. The van der Waals surface area contributed by atoms with Crippen LogP contribution in [0.15, 0.2) is 0 Å². The Morgan fingerprint density at radius 3 is 2.06 bits per heavy atom.